The highest BCUT2D eigenvalue weighted by Gasteiger charge is 2.68. The molecule has 3 aliphatic rings. The summed E-state index contributed by atoms with van der Waals surface area (Å²) in [5.41, 5.74) is 1.60. The Labute approximate surface area is 118 Å². The van der Waals surface area contributed by atoms with Crippen LogP contribution >= 0.6 is 11.8 Å². The molecule has 2 bridgehead atoms. The van der Waals surface area contributed by atoms with Gasteiger partial charge in [-0.2, -0.15) is 11.8 Å². The fourth-order valence-electron chi connectivity index (χ4n) is 3.57. The van der Waals surface area contributed by atoms with Gasteiger partial charge in [0.1, 0.15) is 6.61 Å². The van der Waals surface area contributed by atoms with Crippen molar-refractivity contribution in [2.45, 2.75) is 31.4 Å². The van der Waals surface area contributed by atoms with Crippen molar-refractivity contribution in [1.82, 2.24) is 5.32 Å². The van der Waals surface area contributed by atoms with Crippen molar-refractivity contribution in [1.29, 1.82) is 0 Å². The van der Waals surface area contributed by atoms with E-state index >= 15 is 0 Å². The molecule has 1 N–H and O–H groups in total. The van der Waals surface area contributed by atoms with Crippen LogP contribution in [0, 0.1) is 5.41 Å². The maximum Gasteiger partial charge on any atom is 0.407 e. The summed E-state index contributed by atoms with van der Waals surface area (Å²) >= 11 is 1.90. The van der Waals surface area contributed by atoms with E-state index in [1.807, 2.05) is 42.1 Å². The van der Waals surface area contributed by atoms with Crippen LogP contribution in [0.5, 0.6) is 0 Å². The topological polar surface area (TPSA) is 38.3 Å². The Morgan fingerprint density at radius 1 is 1.32 bits per heavy atom. The highest BCUT2D eigenvalue weighted by atomic mass is 32.2. The Kier molecular flexibility index (Phi) is 3.21. The van der Waals surface area contributed by atoms with Crippen molar-refractivity contribution < 1.29 is 9.53 Å². The average molecular weight is 277 g/mol. The molecule has 3 nitrogen and oxygen atoms in total. The Balaban J connectivity index is 1.42. The lowest BCUT2D eigenvalue weighted by Crippen LogP contribution is -2.75. The molecule has 1 amide bonds. The second kappa shape index (κ2) is 4.75. The molecular formula is C15H19NO2S. The predicted octanol–water partition coefficient (Wildman–Crippen LogP) is 3.20. The third-order valence-electron chi connectivity index (χ3n) is 4.17. The fraction of sp³-hybridized carbons (Fsp3) is 0.533. The summed E-state index contributed by atoms with van der Waals surface area (Å²) < 4.78 is 5.26. The molecule has 0 spiro atoms. The summed E-state index contributed by atoms with van der Waals surface area (Å²) in [6.45, 7) is 0.346. The number of nitrogens with one attached hydrogen (secondary N) is 1. The molecule has 1 aromatic rings. The number of hydrogen-bond donors (Lipinski definition) is 1. The van der Waals surface area contributed by atoms with E-state index in [2.05, 4.69) is 11.6 Å². The number of thioether (sulfide) groups is 1. The van der Waals surface area contributed by atoms with Crippen LogP contribution in [0.4, 0.5) is 4.79 Å². The van der Waals surface area contributed by atoms with Crippen LogP contribution in [0.3, 0.4) is 0 Å². The summed E-state index contributed by atoms with van der Waals surface area (Å²) in [6.07, 6.45) is 5.25. The lowest BCUT2D eigenvalue weighted by molar-refractivity contribution is -0.131. The van der Waals surface area contributed by atoms with Gasteiger partial charge in [0.25, 0.3) is 0 Å². The number of ether oxygens (including phenoxy) is 1. The summed E-state index contributed by atoms with van der Waals surface area (Å²) in [5, 5.41) is 3.04. The van der Waals surface area contributed by atoms with Crippen LogP contribution < -0.4 is 5.32 Å². The first kappa shape index (κ1) is 12.9. The van der Waals surface area contributed by atoms with E-state index in [1.54, 1.807) is 0 Å². The minimum absolute atomic E-state index is 0.0590. The van der Waals surface area contributed by atoms with E-state index in [0.29, 0.717) is 12.0 Å². The number of rotatable bonds is 5. The van der Waals surface area contributed by atoms with Crippen molar-refractivity contribution >= 4 is 17.9 Å². The van der Waals surface area contributed by atoms with Gasteiger partial charge in [-0.1, -0.05) is 30.3 Å². The number of amides is 1. The van der Waals surface area contributed by atoms with E-state index in [-0.39, 0.29) is 11.6 Å². The van der Waals surface area contributed by atoms with Crippen LogP contribution in [0.25, 0.3) is 0 Å². The molecule has 1 aromatic carbocycles. The van der Waals surface area contributed by atoms with Gasteiger partial charge in [0.05, 0.1) is 0 Å². The summed E-state index contributed by atoms with van der Waals surface area (Å²) in [7, 11) is 0. The third kappa shape index (κ3) is 2.46. The standard InChI is InChI=1S/C15H19NO2S/c1-19-11-14-8-15(9-14,10-14)16-13(17)18-7-12-5-3-2-4-6-12/h2-6H,7-11H2,1H3,(H,16,17). The summed E-state index contributed by atoms with van der Waals surface area (Å²) in [4.78, 5) is 11.8. The zero-order valence-electron chi connectivity index (χ0n) is 11.1. The fourth-order valence-corrected chi connectivity index (χ4v) is 4.48. The Bertz CT molecular complexity index is 455. The summed E-state index contributed by atoms with van der Waals surface area (Å²) in [6, 6.07) is 9.77. The van der Waals surface area contributed by atoms with Crippen molar-refractivity contribution in [2.24, 2.45) is 5.41 Å². The monoisotopic (exact) mass is 277 g/mol. The molecule has 19 heavy (non-hydrogen) atoms. The second-order valence-corrected chi connectivity index (χ2v) is 6.80. The van der Waals surface area contributed by atoms with Gasteiger partial charge in [0.15, 0.2) is 0 Å². The zero-order chi connectivity index (χ0) is 13.3. The molecular weight excluding hydrogens is 258 g/mol. The van der Waals surface area contributed by atoms with E-state index in [4.69, 9.17) is 4.74 Å². The van der Waals surface area contributed by atoms with Crippen molar-refractivity contribution in [3.63, 3.8) is 0 Å². The van der Waals surface area contributed by atoms with Crippen LogP contribution in [0.1, 0.15) is 24.8 Å². The molecule has 0 radical (unpaired) electrons. The van der Waals surface area contributed by atoms with Gasteiger partial charge in [0, 0.05) is 5.54 Å². The van der Waals surface area contributed by atoms with Crippen molar-refractivity contribution in [2.75, 3.05) is 12.0 Å². The average Bonchev–Trinajstić information content (AvgIpc) is 2.34. The molecule has 3 aliphatic carbocycles. The molecule has 4 rings (SSSR count). The second-order valence-electron chi connectivity index (χ2n) is 5.93. The van der Waals surface area contributed by atoms with E-state index < -0.39 is 0 Å². The maximum atomic E-state index is 11.8. The van der Waals surface area contributed by atoms with Gasteiger partial charge in [-0.25, -0.2) is 4.79 Å². The lowest BCUT2D eigenvalue weighted by atomic mass is 9.40. The molecule has 4 heteroatoms. The maximum absolute atomic E-state index is 11.8. The first-order valence-electron chi connectivity index (χ1n) is 6.63. The smallest absolute Gasteiger partial charge is 0.407 e. The molecule has 0 heterocycles. The van der Waals surface area contributed by atoms with Crippen molar-refractivity contribution in [3.8, 4) is 0 Å². The third-order valence-corrected chi connectivity index (χ3v) is 5.07. The Morgan fingerprint density at radius 2 is 2.00 bits per heavy atom. The van der Waals surface area contributed by atoms with Gasteiger partial charge in [-0.15, -0.1) is 0 Å². The predicted molar refractivity (Wildman–Crippen MR) is 77.2 cm³/mol. The van der Waals surface area contributed by atoms with Gasteiger partial charge in [-0.3, -0.25) is 0 Å². The SMILES string of the molecule is CSCC12CC(NC(=O)OCc3ccccc3)(C1)C2. The molecule has 0 aliphatic heterocycles. The number of benzene rings is 1. The first-order valence-corrected chi connectivity index (χ1v) is 8.03. The minimum Gasteiger partial charge on any atom is -0.445 e. The lowest BCUT2D eigenvalue weighted by Gasteiger charge is -2.70. The highest BCUT2D eigenvalue weighted by molar-refractivity contribution is 7.98. The molecule has 102 valence electrons. The van der Waals surface area contributed by atoms with E-state index in [1.165, 1.54) is 5.75 Å². The number of carbonyl (C=O) groups excluding carboxylic acids is 1. The van der Waals surface area contributed by atoms with Crippen LogP contribution in [0.15, 0.2) is 30.3 Å². The molecule has 3 saturated carbocycles. The van der Waals surface area contributed by atoms with Crippen LogP contribution in [-0.4, -0.2) is 23.6 Å². The largest absolute Gasteiger partial charge is 0.445 e. The van der Waals surface area contributed by atoms with Crippen LogP contribution in [0.2, 0.25) is 0 Å². The van der Waals surface area contributed by atoms with Crippen molar-refractivity contribution in [3.05, 3.63) is 35.9 Å². The molecule has 0 atom stereocenters. The number of alkyl carbamates (subject to hydrolysis) is 1. The van der Waals surface area contributed by atoms with Gasteiger partial charge in [-0.05, 0) is 42.2 Å². The Hall–Kier alpha value is -1.16. The van der Waals surface area contributed by atoms with E-state index in [0.717, 1.165) is 24.8 Å². The quantitative estimate of drug-likeness (QED) is 0.898. The minimum atomic E-state index is -0.277. The molecule has 0 unspecified atom stereocenters. The first-order chi connectivity index (χ1) is 9.15. The molecule has 0 aromatic heterocycles. The normalized spacial score (nSPS) is 31.0. The molecule has 0 saturated heterocycles. The zero-order valence-corrected chi connectivity index (χ0v) is 12.0. The van der Waals surface area contributed by atoms with E-state index in [9.17, 15) is 4.79 Å². The molecule has 3 fully saturated rings. The van der Waals surface area contributed by atoms with Gasteiger partial charge < -0.3 is 10.1 Å². The highest BCUT2D eigenvalue weighted by Crippen LogP contribution is 2.68. The van der Waals surface area contributed by atoms with Gasteiger partial charge in [0.2, 0.25) is 0 Å². The van der Waals surface area contributed by atoms with Crippen LogP contribution in [-0.2, 0) is 11.3 Å². The summed E-state index contributed by atoms with van der Waals surface area (Å²) in [5.74, 6) is 1.22. The number of carbonyl (C=O) groups is 1. The number of hydrogen-bond acceptors (Lipinski definition) is 3. The Morgan fingerprint density at radius 3 is 2.63 bits per heavy atom. The van der Waals surface area contributed by atoms with Gasteiger partial charge >= 0.3 is 6.09 Å².